The average molecular weight is 378 g/mol. The predicted molar refractivity (Wildman–Crippen MR) is 107 cm³/mol. The van der Waals surface area contributed by atoms with E-state index in [4.69, 9.17) is 17.3 Å². The zero-order valence-corrected chi connectivity index (χ0v) is 15.2. The molecule has 0 unspecified atom stereocenters. The van der Waals surface area contributed by atoms with Crippen molar-refractivity contribution >= 4 is 34.8 Å². The summed E-state index contributed by atoms with van der Waals surface area (Å²) in [6.07, 6.45) is 5.63. The van der Waals surface area contributed by atoms with Crippen molar-refractivity contribution in [2.75, 3.05) is 11.1 Å². The van der Waals surface area contributed by atoms with E-state index in [1.165, 1.54) is 0 Å². The Bertz CT molecular complexity index is 1150. The van der Waals surface area contributed by atoms with Crippen molar-refractivity contribution < 1.29 is 4.79 Å². The van der Waals surface area contributed by atoms with Crippen LogP contribution in [0.3, 0.4) is 0 Å². The van der Waals surface area contributed by atoms with Crippen molar-refractivity contribution in [1.29, 1.82) is 0 Å². The van der Waals surface area contributed by atoms with Crippen LogP contribution >= 0.6 is 11.6 Å². The summed E-state index contributed by atoms with van der Waals surface area (Å²) in [6, 6.07) is 12.2. The number of halogens is 1. The van der Waals surface area contributed by atoms with Gasteiger partial charge in [-0.05, 0) is 60.5 Å². The smallest absolute Gasteiger partial charge is 0.256 e. The lowest BCUT2D eigenvalue weighted by molar-refractivity contribution is 0.102. The monoisotopic (exact) mass is 377 g/mol. The summed E-state index contributed by atoms with van der Waals surface area (Å²) in [5.74, 6) is 0.444. The number of imidazole rings is 1. The van der Waals surface area contributed by atoms with Gasteiger partial charge in [0.2, 0.25) is 0 Å². The third-order valence-electron chi connectivity index (χ3n) is 4.29. The third kappa shape index (κ3) is 3.35. The molecular formula is C20H16ClN5O. The summed E-state index contributed by atoms with van der Waals surface area (Å²) in [5.41, 5.74) is 10.3. The van der Waals surface area contributed by atoms with Crippen LogP contribution in [0.25, 0.3) is 16.8 Å². The minimum absolute atomic E-state index is 0.277. The Morgan fingerprint density at radius 2 is 1.93 bits per heavy atom. The number of hydrogen-bond donors (Lipinski definition) is 2. The van der Waals surface area contributed by atoms with Crippen LogP contribution in [0.5, 0.6) is 0 Å². The quantitative estimate of drug-likeness (QED) is 0.560. The minimum Gasteiger partial charge on any atom is -0.383 e. The Labute approximate surface area is 160 Å². The average Bonchev–Trinajstić information content (AvgIpc) is 3.09. The molecule has 3 N–H and O–H groups in total. The first-order chi connectivity index (χ1) is 13.0. The Hall–Kier alpha value is -3.38. The molecule has 0 aliphatic rings. The fourth-order valence-corrected chi connectivity index (χ4v) is 3.04. The molecule has 0 spiro atoms. The van der Waals surface area contributed by atoms with Gasteiger partial charge in [-0.1, -0.05) is 11.6 Å². The number of carbonyl (C=O) groups is 1. The standard InChI is InChI=1S/C20H16ClN5O/c1-12-11-26-9-8-23-18(26)10-16(12)15-6-7-17(24-19(15)22)25-20(27)13-2-4-14(21)5-3-13/h2-11H,1H3,(H3,22,24,25,27). The Morgan fingerprint density at radius 1 is 1.15 bits per heavy atom. The molecule has 3 heterocycles. The number of rotatable bonds is 3. The van der Waals surface area contributed by atoms with Crippen molar-refractivity contribution in [3.05, 3.63) is 77.2 Å². The van der Waals surface area contributed by atoms with Gasteiger partial charge in [0.25, 0.3) is 5.91 Å². The topological polar surface area (TPSA) is 85.3 Å². The molecule has 7 heteroatoms. The Balaban J connectivity index is 1.63. The second kappa shape index (κ2) is 6.74. The number of fused-ring (bicyclic) bond motifs is 1. The maximum atomic E-state index is 12.3. The van der Waals surface area contributed by atoms with Crippen molar-refractivity contribution in [1.82, 2.24) is 14.4 Å². The number of aromatic nitrogens is 3. The van der Waals surface area contributed by atoms with Gasteiger partial charge in [0.05, 0.1) is 0 Å². The number of amides is 1. The van der Waals surface area contributed by atoms with E-state index >= 15 is 0 Å². The van der Waals surface area contributed by atoms with Crippen LogP contribution in [-0.2, 0) is 0 Å². The third-order valence-corrected chi connectivity index (χ3v) is 4.54. The summed E-state index contributed by atoms with van der Waals surface area (Å²) in [5, 5.41) is 3.32. The van der Waals surface area contributed by atoms with E-state index in [1.54, 1.807) is 36.5 Å². The first-order valence-electron chi connectivity index (χ1n) is 8.28. The number of nitrogen functional groups attached to an aromatic ring is 1. The van der Waals surface area contributed by atoms with Gasteiger partial charge in [0, 0.05) is 34.7 Å². The highest BCUT2D eigenvalue weighted by Crippen LogP contribution is 2.29. The molecule has 0 saturated carbocycles. The predicted octanol–water partition coefficient (Wildman–Crippen LogP) is 4.19. The lowest BCUT2D eigenvalue weighted by Gasteiger charge is -2.11. The molecule has 4 rings (SSSR count). The number of pyridine rings is 2. The van der Waals surface area contributed by atoms with E-state index in [9.17, 15) is 4.79 Å². The van der Waals surface area contributed by atoms with Crippen LogP contribution in [-0.4, -0.2) is 20.3 Å². The van der Waals surface area contributed by atoms with E-state index in [0.717, 1.165) is 22.3 Å². The molecule has 0 aliphatic heterocycles. The van der Waals surface area contributed by atoms with Gasteiger partial charge in [0.15, 0.2) is 0 Å². The molecule has 1 amide bonds. The van der Waals surface area contributed by atoms with E-state index in [1.807, 2.05) is 35.9 Å². The molecular weight excluding hydrogens is 362 g/mol. The number of anilines is 2. The normalized spacial score (nSPS) is 10.9. The summed E-state index contributed by atoms with van der Waals surface area (Å²) in [6.45, 7) is 2.00. The Kier molecular flexibility index (Phi) is 4.25. The molecule has 0 bridgehead atoms. The maximum absolute atomic E-state index is 12.3. The highest BCUT2D eigenvalue weighted by Gasteiger charge is 2.12. The number of nitrogens with zero attached hydrogens (tertiary/aromatic N) is 3. The molecule has 0 atom stereocenters. The van der Waals surface area contributed by atoms with Gasteiger partial charge < -0.3 is 15.5 Å². The number of aryl methyl sites for hydroxylation is 1. The van der Waals surface area contributed by atoms with E-state index in [2.05, 4.69) is 15.3 Å². The van der Waals surface area contributed by atoms with Crippen LogP contribution in [0.1, 0.15) is 15.9 Å². The number of carbonyl (C=O) groups excluding carboxylic acids is 1. The number of benzene rings is 1. The van der Waals surface area contributed by atoms with Crippen molar-refractivity contribution in [2.24, 2.45) is 0 Å². The van der Waals surface area contributed by atoms with Gasteiger partial charge in [-0.25, -0.2) is 9.97 Å². The second-order valence-corrected chi connectivity index (χ2v) is 6.59. The summed E-state index contributed by atoms with van der Waals surface area (Å²) < 4.78 is 1.95. The number of nitrogens with one attached hydrogen (secondary N) is 1. The molecule has 0 aliphatic carbocycles. The second-order valence-electron chi connectivity index (χ2n) is 6.15. The SMILES string of the molecule is Cc1cn2ccnc2cc1-c1ccc(NC(=O)c2ccc(Cl)cc2)nc1N. The van der Waals surface area contributed by atoms with Gasteiger partial charge in [-0.15, -0.1) is 0 Å². The van der Waals surface area contributed by atoms with E-state index in [-0.39, 0.29) is 5.91 Å². The number of hydrogen-bond acceptors (Lipinski definition) is 4. The first-order valence-corrected chi connectivity index (χ1v) is 8.66. The fourth-order valence-electron chi connectivity index (χ4n) is 2.92. The minimum atomic E-state index is -0.277. The van der Waals surface area contributed by atoms with Crippen molar-refractivity contribution in [2.45, 2.75) is 6.92 Å². The van der Waals surface area contributed by atoms with Gasteiger partial charge in [-0.3, -0.25) is 4.79 Å². The molecule has 3 aromatic heterocycles. The zero-order chi connectivity index (χ0) is 19.0. The van der Waals surface area contributed by atoms with Gasteiger partial charge >= 0.3 is 0 Å². The molecule has 1 aromatic carbocycles. The summed E-state index contributed by atoms with van der Waals surface area (Å²) >= 11 is 5.85. The number of nitrogens with two attached hydrogens (primary N) is 1. The van der Waals surface area contributed by atoms with Crippen molar-refractivity contribution in [3.8, 4) is 11.1 Å². The lowest BCUT2D eigenvalue weighted by atomic mass is 10.0. The fraction of sp³-hybridized carbons (Fsp3) is 0.0500. The molecule has 27 heavy (non-hydrogen) atoms. The molecule has 6 nitrogen and oxygen atoms in total. The van der Waals surface area contributed by atoms with E-state index < -0.39 is 0 Å². The largest absolute Gasteiger partial charge is 0.383 e. The zero-order valence-electron chi connectivity index (χ0n) is 14.5. The lowest BCUT2D eigenvalue weighted by Crippen LogP contribution is -2.13. The molecule has 134 valence electrons. The molecule has 0 fully saturated rings. The molecule has 4 aromatic rings. The van der Waals surface area contributed by atoms with Crippen molar-refractivity contribution in [3.63, 3.8) is 0 Å². The van der Waals surface area contributed by atoms with Crippen LogP contribution in [0.2, 0.25) is 5.02 Å². The maximum Gasteiger partial charge on any atom is 0.256 e. The van der Waals surface area contributed by atoms with E-state index in [0.29, 0.717) is 22.2 Å². The summed E-state index contributed by atoms with van der Waals surface area (Å²) in [4.78, 5) is 21.0. The van der Waals surface area contributed by atoms with Gasteiger partial charge in [-0.2, -0.15) is 0 Å². The van der Waals surface area contributed by atoms with Crippen LogP contribution < -0.4 is 11.1 Å². The molecule has 0 saturated heterocycles. The van der Waals surface area contributed by atoms with Crippen LogP contribution in [0.15, 0.2) is 61.1 Å². The van der Waals surface area contributed by atoms with Gasteiger partial charge in [0.1, 0.15) is 17.3 Å². The van der Waals surface area contributed by atoms with Crippen LogP contribution in [0.4, 0.5) is 11.6 Å². The highest BCUT2D eigenvalue weighted by molar-refractivity contribution is 6.30. The Morgan fingerprint density at radius 3 is 2.67 bits per heavy atom. The van der Waals surface area contributed by atoms with Crippen LogP contribution in [0, 0.1) is 6.92 Å². The highest BCUT2D eigenvalue weighted by atomic mass is 35.5. The summed E-state index contributed by atoms with van der Waals surface area (Å²) in [7, 11) is 0. The molecule has 0 radical (unpaired) electrons. The first kappa shape index (κ1) is 17.1.